The summed E-state index contributed by atoms with van der Waals surface area (Å²) in [6.07, 6.45) is 0. The van der Waals surface area contributed by atoms with Crippen molar-refractivity contribution in [2.75, 3.05) is 32.7 Å². The van der Waals surface area contributed by atoms with Crippen LogP contribution in [-0.4, -0.2) is 62.0 Å². The number of hydrogen-bond donors (Lipinski definition) is 1. The molecule has 9 heteroatoms. The van der Waals surface area contributed by atoms with Gasteiger partial charge in [-0.05, 0) is 43.7 Å². The van der Waals surface area contributed by atoms with Gasteiger partial charge in [-0.1, -0.05) is 29.8 Å². The molecule has 1 amide bonds. The first-order chi connectivity index (χ1) is 14.3. The number of benzene rings is 2. The monoisotopic (exact) mass is 432 g/mol. The van der Waals surface area contributed by atoms with Crippen LogP contribution in [0.3, 0.4) is 0 Å². The van der Waals surface area contributed by atoms with E-state index in [1.54, 1.807) is 43.3 Å². The number of nitrogens with one attached hydrogen (secondary N) is 1. The number of amides is 1. The Morgan fingerprint density at radius 2 is 1.63 bits per heavy atom. The van der Waals surface area contributed by atoms with Crippen molar-refractivity contribution in [1.29, 1.82) is 0 Å². The number of piperazine rings is 1. The maximum atomic E-state index is 13.0. The average Bonchev–Trinajstić information content (AvgIpc) is 2.73. The zero-order valence-corrected chi connectivity index (χ0v) is 17.8. The molecule has 0 bridgehead atoms. The highest BCUT2D eigenvalue weighted by Gasteiger charge is 2.28. The molecule has 3 rings (SSSR count). The molecule has 1 N–H and O–H groups in total. The summed E-state index contributed by atoms with van der Waals surface area (Å²) in [5, 5.41) is 4.05. The van der Waals surface area contributed by atoms with Crippen LogP contribution >= 0.6 is 0 Å². The molecule has 0 radical (unpaired) electrons. The third-order valence-corrected chi connectivity index (χ3v) is 6.88. The lowest BCUT2D eigenvalue weighted by molar-refractivity contribution is -0.122. The van der Waals surface area contributed by atoms with Crippen LogP contribution in [0, 0.1) is 12.7 Å². The first-order valence-electron chi connectivity index (χ1n) is 9.64. The molecule has 0 aromatic heterocycles. The molecule has 0 saturated carbocycles. The Morgan fingerprint density at radius 1 is 1.03 bits per heavy atom. The van der Waals surface area contributed by atoms with Crippen molar-refractivity contribution >= 4 is 21.6 Å². The van der Waals surface area contributed by atoms with Crippen LogP contribution in [0.1, 0.15) is 18.1 Å². The average molecular weight is 433 g/mol. The summed E-state index contributed by atoms with van der Waals surface area (Å²) in [5.74, 6) is -0.620. The van der Waals surface area contributed by atoms with Crippen LogP contribution in [0.2, 0.25) is 0 Å². The third kappa shape index (κ3) is 5.50. The van der Waals surface area contributed by atoms with Gasteiger partial charge in [-0.2, -0.15) is 9.41 Å². The Labute approximate surface area is 176 Å². The van der Waals surface area contributed by atoms with Crippen LogP contribution in [-0.2, 0) is 14.8 Å². The quantitative estimate of drug-likeness (QED) is 0.559. The summed E-state index contributed by atoms with van der Waals surface area (Å²) in [6, 6.07) is 12.6. The molecule has 1 heterocycles. The van der Waals surface area contributed by atoms with Gasteiger partial charge in [-0.15, -0.1) is 0 Å². The van der Waals surface area contributed by atoms with Gasteiger partial charge in [0.25, 0.3) is 5.91 Å². The Bertz CT molecular complexity index is 1010. The number of halogens is 1. The van der Waals surface area contributed by atoms with Crippen LogP contribution in [0.4, 0.5) is 4.39 Å². The summed E-state index contributed by atoms with van der Waals surface area (Å²) >= 11 is 0. The standard InChI is InChI=1S/C21H25FN4O3S/c1-16-3-9-20(10-4-16)30(28,29)26-13-11-25(12-14-26)15-21(27)24-23-17(2)18-5-7-19(22)8-6-18/h3-10H,11-15H2,1-2H3,(H,24,27)/b23-17-. The van der Waals surface area contributed by atoms with Gasteiger partial charge in [0, 0.05) is 26.2 Å². The number of hydrogen-bond acceptors (Lipinski definition) is 5. The minimum atomic E-state index is -3.53. The summed E-state index contributed by atoms with van der Waals surface area (Å²) < 4.78 is 39.9. The molecule has 0 unspecified atom stereocenters. The van der Waals surface area contributed by atoms with Crippen molar-refractivity contribution in [2.24, 2.45) is 5.10 Å². The normalized spacial score (nSPS) is 16.4. The van der Waals surface area contributed by atoms with E-state index in [-0.39, 0.29) is 23.2 Å². The molecule has 0 aliphatic carbocycles. The molecule has 7 nitrogen and oxygen atoms in total. The molecule has 1 aliphatic rings. The maximum absolute atomic E-state index is 13.0. The van der Waals surface area contributed by atoms with Gasteiger partial charge in [0.05, 0.1) is 17.2 Å². The second kappa shape index (κ2) is 9.46. The molecule has 1 aliphatic heterocycles. The van der Waals surface area contributed by atoms with Gasteiger partial charge in [-0.3, -0.25) is 9.69 Å². The van der Waals surface area contributed by atoms with Gasteiger partial charge in [0.1, 0.15) is 5.82 Å². The SMILES string of the molecule is C/C(=N/NC(=O)CN1CCN(S(=O)(=O)c2ccc(C)cc2)CC1)c1ccc(F)cc1. The number of aryl methyl sites for hydroxylation is 1. The van der Waals surface area contributed by atoms with E-state index in [1.807, 2.05) is 11.8 Å². The second-order valence-electron chi connectivity index (χ2n) is 7.23. The number of nitrogens with zero attached hydrogens (tertiary/aromatic N) is 3. The smallest absolute Gasteiger partial charge is 0.254 e. The fraction of sp³-hybridized carbons (Fsp3) is 0.333. The van der Waals surface area contributed by atoms with Crippen molar-refractivity contribution < 1.29 is 17.6 Å². The molecule has 2 aromatic carbocycles. The molecule has 30 heavy (non-hydrogen) atoms. The third-order valence-electron chi connectivity index (χ3n) is 4.97. The first kappa shape index (κ1) is 22.1. The lowest BCUT2D eigenvalue weighted by atomic mass is 10.1. The Hall–Kier alpha value is -2.62. The predicted octanol–water partition coefficient (Wildman–Crippen LogP) is 1.98. The van der Waals surface area contributed by atoms with Crippen molar-refractivity contribution in [1.82, 2.24) is 14.6 Å². The minimum absolute atomic E-state index is 0.124. The van der Waals surface area contributed by atoms with E-state index in [9.17, 15) is 17.6 Å². The highest BCUT2D eigenvalue weighted by Crippen LogP contribution is 2.18. The Morgan fingerprint density at radius 3 is 2.23 bits per heavy atom. The maximum Gasteiger partial charge on any atom is 0.254 e. The number of carbonyl (C=O) groups is 1. The van der Waals surface area contributed by atoms with E-state index in [4.69, 9.17) is 0 Å². The lowest BCUT2D eigenvalue weighted by Crippen LogP contribution is -2.50. The second-order valence-corrected chi connectivity index (χ2v) is 9.17. The first-order valence-corrected chi connectivity index (χ1v) is 11.1. The molecule has 1 saturated heterocycles. The van der Waals surface area contributed by atoms with Crippen molar-refractivity contribution in [3.05, 3.63) is 65.5 Å². The van der Waals surface area contributed by atoms with E-state index in [0.29, 0.717) is 37.5 Å². The van der Waals surface area contributed by atoms with E-state index in [2.05, 4.69) is 10.5 Å². The molecule has 0 spiro atoms. The zero-order chi connectivity index (χ0) is 21.7. The number of hydrazone groups is 1. The molecular formula is C21H25FN4O3S. The van der Waals surface area contributed by atoms with Gasteiger partial charge < -0.3 is 0 Å². The number of carbonyl (C=O) groups excluding carboxylic acids is 1. The lowest BCUT2D eigenvalue weighted by Gasteiger charge is -2.33. The largest absolute Gasteiger partial charge is 0.292 e. The summed E-state index contributed by atoms with van der Waals surface area (Å²) in [4.78, 5) is 14.4. The van der Waals surface area contributed by atoms with E-state index < -0.39 is 10.0 Å². The van der Waals surface area contributed by atoms with Crippen LogP contribution in [0.5, 0.6) is 0 Å². The number of sulfonamides is 1. The molecule has 0 atom stereocenters. The molecule has 2 aromatic rings. The van der Waals surface area contributed by atoms with Crippen molar-refractivity contribution in [2.45, 2.75) is 18.7 Å². The Balaban J connectivity index is 1.50. The predicted molar refractivity (Wildman–Crippen MR) is 113 cm³/mol. The summed E-state index contributed by atoms with van der Waals surface area (Å²) in [7, 11) is -3.53. The van der Waals surface area contributed by atoms with Crippen molar-refractivity contribution in [3.63, 3.8) is 0 Å². The topological polar surface area (TPSA) is 82.1 Å². The Kier molecular flexibility index (Phi) is 6.96. The van der Waals surface area contributed by atoms with Crippen LogP contribution in [0.15, 0.2) is 58.5 Å². The fourth-order valence-electron chi connectivity index (χ4n) is 3.13. The van der Waals surface area contributed by atoms with Crippen molar-refractivity contribution in [3.8, 4) is 0 Å². The van der Waals surface area contributed by atoms with Crippen LogP contribution in [0.25, 0.3) is 0 Å². The van der Waals surface area contributed by atoms with Gasteiger partial charge in [0.15, 0.2) is 0 Å². The van der Waals surface area contributed by atoms with Gasteiger partial charge >= 0.3 is 0 Å². The zero-order valence-electron chi connectivity index (χ0n) is 17.0. The molecule has 1 fully saturated rings. The van der Waals surface area contributed by atoms with Gasteiger partial charge in [-0.25, -0.2) is 18.2 Å². The minimum Gasteiger partial charge on any atom is -0.292 e. The fourth-order valence-corrected chi connectivity index (χ4v) is 4.55. The van der Waals surface area contributed by atoms with E-state index >= 15 is 0 Å². The molecular weight excluding hydrogens is 407 g/mol. The van der Waals surface area contributed by atoms with E-state index in [0.717, 1.165) is 5.56 Å². The van der Waals surface area contributed by atoms with Crippen LogP contribution < -0.4 is 5.43 Å². The summed E-state index contributed by atoms with van der Waals surface area (Å²) in [5.41, 5.74) is 4.78. The van der Waals surface area contributed by atoms with E-state index in [1.165, 1.54) is 16.4 Å². The van der Waals surface area contributed by atoms with Gasteiger partial charge in [0.2, 0.25) is 10.0 Å². The summed E-state index contributed by atoms with van der Waals surface area (Å²) in [6.45, 7) is 5.31. The highest BCUT2D eigenvalue weighted by atomic mass is 32.2. The number of rotatable bonds is 6. The molecule has 160 valence electrons. The highest BCUT2D eigenvalue weighted by molar-refractivity contribution is 7.89.